The number of nitrogens with zero attached hydrogens (tertiary/aromatic N) is 1. The first-order valence-electron chi connectivity index (χ1n) is 7.47. The van der Waals surface area contributed by atoms with Gasteiger partial charge < -0.3 is 10.6 Å². The van der Waals surface area contributed by atoms with Gasteiger partial charge in [-0.3, -0.25) is 4.79 Å². The zero-order valence-electron chi connectivity index (χ0n) is 11.9. The molecule has 1 aromatic carbocycles. The lowest BCUT2D eigenvalue weighted by Gasteiger charge is -2.41. The molecule has 3 atom stereocenters. The number of rotatable bonds is 2. The molecule has 0 aromatic heterocycles. The lowest BCUT2D eigenvalue weighted by molar-refractivity contribution is -0.136. The van der Waals surface area contributed by atoms with Crippen LogP contribution in [0.1, 0.15) is 31.7 Å². The van der Waals surface area contributed by atoms with E-state index in [-0.39, 0.29) is 17.2 Å². The zero-order chi connectivity index (χ0) is 14.1. The van der Waals surface area contributed by atoms with Crippen LogP contribution in [0.3, 0.4) is 0 Å². The van der Waals surface area contributed by atoms with Gasteiger partial charge in [0, 0.05) is 23.5 Å². The van der Waals surface area contributed by atoms with Crippen molar-refractivity contribution in [1.29, 1.82) is 0 Å². The van der Waals surface area contributed by atoms with Crippen molar-refractivity contribution in [2.45, 2.75) is 54.8 Å². The molecule has 108 valence electrons. The summed E-state index contributed by atoms with van der Waals surface area (Å²) < 4.78 is 0. The van der Waals surface area contributed by atoms with Gasteiger partial charge >= 0.3 is 0 Å². The molecule has 2 heterocycles. The maximum Gasteiger partial charge on any atom is 0.236 e. The molecular weight excluding hydrogens is 268 g/mol. The molecule has 1 amide bonds. The van der Waals surface area contributed by atoms with Crippen molar-refractivity contribution in [1.82, 2.24) is 4.90 Å². The summed E-state index contributed by atoms with van der Waals surface area (Å²) in [7, 11) is 0. The summed E-state index contributed by atoms with van der Waals surface area (Å²) in [5.74, 6) is 0.286. The molecule has 0 aliphatic carbocycles. The van der Waals surface area contributed by atoms with Gasteiger partial charge in [0.05, 0.1) is 5.25 Å². The minimum Gasteiger partial charge on any atom is -0.335 e. The lowest BCUT2D eigenvalue weighted by atomic mass is 9.95. The quantitative estimate of drug-likeness (QED) is 0.910. The third-order valence-corrected chi connectivity index (χ3v) is 5.78. The van der Waals surface area contributed by atoms with Gasteiger partial charge in [-0.1, -0.05) is 18.2 Å². The Hall–Kier alpha value is -1.00. The van der Waals surface area contributed by atoms with Crippen molar-refractivity contribution in [2.24, 2.45) is 5.73 Å². The zero-order valence-corrected chi connectivity index (χ0v) is 12.7. The third kappa shape index (κ3) is 2.47. The molecule has 0 radical (unpaired) electrons. The highest BCUT2D eigenvalue weighted by Gasteiger charge is 2.37. The van der Waals surface area contributed by atoms with Crippen LogP contribution in [0.4, 0.5) is 0 Å². The summed E-state index contributed by atoms with van der Waals surface area (Å²) in [6.07, 6.45) is 4.20. The van der Waals surface area contributed by atoms with Crippen LogP contribution < -0.4 is 5.73 Å². The maximum absolute atomic E-state index is 12.9. The highest BCUT2D eigenvalue weighted by atomic mass is 32.2. The normalized spacial score (nSPS) is 29.3. The highest BCUT2D eigenvalue weighted by molar-refractivity contribution is 8.01. The Balaban J connectivity index is 1.76. The van der Waals surface area contributed by atoms with E-state index in [4.69, 9.17) is 5.73 Å². The van der Waals surface area contributed by atoms with Crippen LogP contribution in [0.15, 0.2) is 29.2 Å². The topological polar surface area (TPSA) is 46.3 Å². The van der Waals surface area contributed by atoms with Crippen molar-refractivity contribution >= 4 is 17.7 Å². The second-order valence-corrected chi connectivity index (χ2v) is 7.08. The van der Waals surface area contributed by atoms with E-state index in [2.05, 4.69) is 30.0 Å². The van der Waals surface area contributed by atoms with Gasteiger partial charge in [0.25, 0.3) is 0 Å². The molecule has 2 aliphatic heterocycles. The van der Waals surface area contributed by atoms with Gasteiger partial charge in [0.1, 0.15) is 0 Å². The van der Waals surface area contributed by atoms with Crippen molar-refractivity contribution in [2.75, 3.05) is 6.54 Å². The number of carbonyl (C=O) groups is 1. The van der Waals surface area contributed by atoms with Gasteiger partial charge in [0.15, 0.2) is 0 Å². The first-order valence-corrected chi connectivity index (χ1v) is 8.35. The summed E-state index contributed by atoms with van der Waals surface area (Å²) in [4.78, 5) is 16.2. The number of hydrogen-bond donors (Lipinski definition) is 1. The Morgan fingerprint density at radius 2 is 2.20 bits per heavy atom. The minimum absolute atomic E-state index is 0.0435. The molecule has 3 nitrogen and oxygen atoms in total. The van der Waals surface area contributed by atoms with Gasteiger partial charge in [-0.25, -0.2) is 0 Å². The molecule has 4 heteroatoms. The van der Waals surface area contributed by atoms with Gasteiger partial charge in [-0.2, -0.15) is 0 Å². The summed E-state index contributed by atoms with van der Waals surface area (Å²) in [6.45, 7) is 2.74. The van der Waals surface area contributed by atoms with E-state index in [1.54, 1.807) is 11.8 Å². The van der Waals surface area contributed by atoms with Crippen molar-refractivity contribution in [3.63, 3.8) is 0 Å². The maximum atomic E-state index is 12.9. The van der Waals surface area contributed by atoms with Crippen molar-refractivity contribution < 1.29 is 4.79 Å². The number of carbonyl (C=O) groups excluding carboxylic acids is 1. The summed E-state index contributed by atoms with van der Waals surface area (Å²) in [5.41, 5.74) is 7.19. The number of thioether (sulfide) groups is 1. The van der Waals surface area contributed by atoms with Crippen LogP contribution in [-0.4, -0.2) is 34.7 Å². The van der Waals surface area contributed by atoms with Crippen LogP contribution in [0.25, 0.3) is 0 Å². The SMILES string of the molecule is CC1CCCC(CN)N1C(=O)C1Cc2ccccc2S1. The molecule has 20 heavy (non-hydrogen) atoms. The Labute approximate surface area is 124 Å². The molecular formula is C16H22N2OS. The standard InChI is InChI=1S/C16H22N2OS/c1-11-5-4-7-13(10-17)18(11)16(19)15-9-12-6-2-3-8-14(12)20-15/h2-3,6,8,11,13,15H,4-5,7,9-10,17H2,1H3. The second kappa shape index (κ2) is 5.78. The second-order valence-electron chi connectivity index (χ2n) is 5.83. The van der Waals surface area contributed by atoms with E-state index in [0.717, 1.165) is 19.3 Å². The number of piperidine rings is 1. The molecule has 2 aliphatic rings. The molecule has 0 saturated carbocycles. The average Bonchev–Trinajstić information content (AvgIpc) is 2.90. The highest BCUT2D eigenvalue weighted by Crippen LogP contribution is 2.38. The van der Waals surface area contributed by atoms with E-state index in [1.165, 1.54) is 16.9 Å². The van der Waals surface area contributed by atoms with Gasteiger partial charge in [0.2, 0.25) is 5.91 Å². The van der Waals surface area contributed by atoms with Gasteiger partial charge in [-0.05, 0) is 44.2 Å². The molecule has 0 bridgehead atoms. The fraction of sp³-hybridized carbons (Fsp3) is 0.562. The van der Waals surface area contributed by atoms with Crippen molar-refractivity contribution in [3.05, 3.63) is 29.8 Å². The van der Waals surface area contributed by atoms with E-state index >= 15 is 0 Å². The third-order valence-electron chi connectivity index (χ3n) is 4.48. The monoisotopic (exact) mass is 290 g/mol. The molecule has 2 N–H and O–H groups in total. The molecule has 3 rings (SSSR count). The smallest absolute Gasteiger partial charge is 0.236 e. The lowest BCUT2D eigenvalue weighted by Crippen LogP contribution is -2.54. The van der Waals surface area contributed by atoms with Gasteiger partial charge in [-0.15, -0.1) is 11.8 Å². The van der Waals surface area contributed by atoms with Crippen LogP contribution in [-0.2, 0) is 11.2 Å². The van der Waals surface area contributed by atoms with Crippen LogP contribution in [0, 0.1) is 0 Å². The summed E-state index contributed by atoms with van der Waals surface area (Å²) in [5, 5.41) is 0.0435. The number of likely N-dealkylation sites (tertiary alicyclic amines) is 1. The predicted molar refractivity (Wildman–Crippen MR) is 82.8 cm³/mol. The molecule has 1 aromatic rings. The predicted octanol–water partition coefficient (Wildman–Crippen LogP) is 2.43. The Bertz CT molecular complexity index is 480. The number of nitrogens with two attached hydrogens (primary N) is 1. The van der Waals surface area contributed by atoms with E-state index < -0.39 is 0 Å². The summed E-state index contributed by atoms with van der Waals surface area (Å²) >= 11 is 1.72. The number of amides is 1. The molecule has 1 fully saturated rings. The largest absolute Gasteiger partial charge is 0.335 e. The number of benzene rings is 1. The Morgan fingerprint density at radius 3 is 2.95 bits per heavy atom. The summed E-state index contributed by atoms with van der Waals surface area (Å²) in [6, 6.07) is 8.91. The van der Waals surface area contributed by atoms with Crippen LogP contribution >= 0.6 is 11.8 Å². The number of hydrogen-bond acceptors (Lipinski definition) is 3. The molecule has 3 unspecified atom stereocenters. The minimum atomic E-state index is 0.0435. The van der Waals surface area contributed by atoms with E-state index in [9.17, 15) is 4.79 Å². The van der Waals surface area contributed by atoms with E-state index in [0.29, 0.717) is 12.6 Å². The van der Waals surface area contributed by atoms with Crippen molar-refractivity contribution in [3.8, 4) is 0 Å². The first-order chi connectivity index (χ1) is 9.70. The first kappa shape index (κ1) is 14.0. The fourth-order valence-corrected chi connectivity index (χ4v) is 4.65. The number of fused-ring (bicyclic) bond motifs is 1. The van der Waals surface area contributed by atoms with Crippen LogP contribution in [0.5, 0.6) is 0 Å². The Morgan fingerprint density at radius 1 is 1.40 bits per heavy atom. The van der Waals surface area contributed by atoms with E-state index in [1.807, 2.05) is 6.07 Å². The fourth-order valence-electron chi connectivity index (χ4n) is 3.40. The molecule has 0 spiro atoms. The molecule has 1 saturated heterocycles. The average molecular weight is 290 g/mol. The Kier molecular flexibility index (Phi) is 4.03. The van der Waals surface area contributed by atoms with Crippen LogP contribution in [0.2, 0.25) is 0 Å².